The Balaban J connectivity index is 0.00000272. The molecule has 0 unspecified atom stereocenters. The van der Waals surface area contributed by atoms with E-state index in [-0.39, 0.29) is 36.0 Å². The standard InChI is InChI=1S/C23H23F2N3O2.ClH/c1-30-21-13-22(28-20-5-3-2-4-17(20)21)26-15-7-9-16(10-8-15)27-23(29)14-6-11-18(24)19(25)12-14;/h2-6,11-13,15-16H,7-10H2,1H3,(H,26,28)(H,27,29);1H. The molecule has 0 saturated heterocycles. The molecule has 0 aliphatic heterocycles. The number of carbonyl (C=O) groups excluding carboxylic acids is 1. The van der Waals surface area contributed by atoms with Gasteiger partial charge in [0.1, 0.15) is 11.6 Å². The summed E-state index contributed by atoms with van der Waals surface area (Å²) in [5.74, 6) is -0.826. The van der Waals surface area contributed by atoms with Crippen LogP contribution in [0.5, 0.6) is 5.75 Å². The Labute approximate surface area is 185 Å². The summed E-state index contributed by atoms with van der Waals surface area (Å²) >= 11 is 0. The van der Waals surface area contributed by atoms with E-state index >= 15 is 0 Å². The molecule has 1 heterocycles. The molecule has 0 atom stereocenters. The molecular weight excluding hydrogens is 424 g/mol. The van der Waals surface area contributed by atoms with Crippen LogP contribution in [0.1, 0.15) is 36.0 Å². The highest BCUT2D eigenvalue weighted by Crippen LogP contribution is 2.29. The van der Waals surface area contributed by atoms with E-state index in [0.717, 1.165) is 60.3 Å². The Hall–Kier alpha value is -2.93. The predicted octanol–water partition coefficient (Wildman–Crippen LogP) is 5.10. The highest BCUT2D eigenvalue weighted by atomic mass is 35.5. The maximum absolute atomic E-state index is 13.3. The zero-order valence-electron chi connectivity index (χ0n) is 17.0. The summed E-state index contributed by atoms with van der Waals surface area (Å²) in [7, 11) is 1.65. The lowest BCUT2D eigenvalue weighted by atomic mass is 9.91. The normalized spacial score (nSPS) is 18.2. The van der Waals surface area contributed by atoms with Crippen molar-refractivity contribution >= 4 is 35.0 Å². The Bertz CT molecular complexity index is 1070. The zero-order chi connectivity index (χ0) is 21.1. The first-order chi connectivity index (χ1) is 14.5. The minimum atomic E-state index is -1.02. The molecule has 0 radical (unpaired) electrons. The first kappa shape index (κ1) is 22.7. The van der Waals surface area contributed by atoms with E-state index in [9.17, 15) is 13.6 Å². The molecule has 8 heteroatoms. The summed E-state index contributed by atoms with van der Waals surface area (Å²) in [4.78, 5) is 17.0. The third-order valence-electron chi connectivity index (χ3n) is 5.49. The van der Waals surface area contributed by atoms with Crippen molar-refractivity contribution in [1.29, 1.82) is 0 Å². The second-order valence-corrected chi connectivity index (χ2v) is 7.52. The average molecular weight is 448 g/mol. The van der Waals surface area contributed by atoms with Crippen LogP contribution < -0.4 is 15.4 Å². The zero-order valence-corrected chi connectivity index (χ0v) is 17.8. The minimum Gasteiger partial charge on any atom is -0.496 e. The first-order valence-electron chi connectivity index (χ1n) is 9.99. The fourth-order valence-corrected chi connectivity index (χ4v) is 3.88. The van der Waals surface area contributed by atoms with Gasteiger partial charge in [-0.25, -0.2) is 13.8 Å². The van der Waals surface area contributed by atoms with E-state index in [2.05, 4.69) is 15.6 Å². The lowest BCUT2D eigenvalue weighted by molar-refractivity contribution is 0.0926. The molecule has 1 fully saturated rings. The van der Waals surface area contributed by atoms with Crippen LogP contribution in [0.3, 0.4) is 0 Å². The van der Waals surface area contributed by atoms with Gasteiger partial charge in [-0.1, -0.05) is 12.1 Å². The highest BCUT2D eigenvalue weighted by molar-refractivity contribution is 5.94. The molecule has 4 rings (SSSR count). The molecule has 1 amide bonds. The van der Waals surface area contributed by atoms with Gasteiger partial charge >= 0.3 is 0 Å². The largest absolute Gasteiger partial charge is 0.496 e. The van der Waals surface area contributed by atoms with Crippen LogP contribution in [0.4, 0.5) is 14.6 Å². The van der Waals surface area contributed by atoms with Gasteiger partial charge in [-0.15, -0.1) is 12.4 Å². The number of fused-ring (bicyclic) bond motifs is 1. The topological polar surface area (TPSA) is 63.2 Å². The first-order valence-corrected chi connectivity index (χ1v) is 9.99. The highest BCUT2D eigenvalue weighted by Gasteiger charge is 2.23. The second-order valence-electron chi connectivity index (χ2n) is 7.52. The van der Waals surface area contributed by atoms with Crippen molar-refractivity contribution in [2.24, 2.45) is 0 Å². The summed E-state index contributed by atoms with van der Waals surface area (Å²) in [6, 6.07) is 13.2. The van der Waals surface area contributed by atoms with E-state index in [1.54, 1.807) is 7.11 Å². The van der Waals surface area contributed by atoms with Crippen molar-refractivity contribution in [1.82, 2.24) is 10.3 Å². The number of nitrogens with zero attached hydrogens (tertiary/aromatic N) is 1. The summed E-state index contributed by atoms with van der Waals surface area (Å²) in [5.41, 5.74) is 0.994. The number of rotatable bonds is 5. The van der Waals surface area contributed by atoms with Gasteiger partial charge in [-0.3, -0.25) is 4.79 Å². The van der Waals surface area contributed by atoms with Crippen LogP contribution in [0.2, 0.25) is 0 Å². The van der Waals surface area contributed by atoms with Crippen molar-refractivity contribution in [2.75, 3.05) is 12.4 Å². The fraction of sp³-hybridized carbons (Fsp3) is 0.304. The van der Waals surface area contributed by atoms with Gasteiger partial charge in [0.15, 0.2) is 11.6 Å². The molecule has 2 aromatic carbocycles. The maximum atomic E-state index is 13.3. The lowest BCUT2D eigenvalue weighted by Gasteiger charge is -2.30. The number of pyridine rings is 1. The Morgan fingerprint density at radius 2 is 1.71 bits per heavy atom. The molecule has 1 aliphatic rings. The second kappa shape index (κ2) is 9.92. The molecule has 0 bridgehead atoms. The van der Waals surface area contributed by atoms with Crippen molar-refractivity contribution in [3.05, 3.63) is 65.7 Å². The smallest absolute Gasteiger partial charge is 0.251 e. The number of benzene rings is 2. The van der Waals surface area contributed by atoms with Crippen molar-refractivity contribution in [3.63, 3.8) is 0 Å². The quantitative estimate of drug-likeness (QED) is 0.571. The van der Waals surface area contributed by atoms with Crippen molar-refractivity contribution in [3.8, 4) is 5.75 Å². The molecule has 0 spiro atoms. The van der Waals surface area contributed by atoms with Crippen LogP contribution in [-0.2, 0) is 0 Å². The fourth-order valence-electron chi connectivity index (χ4n) is 3.88. The van der Waals surface area contributed by atoms with Gasteiger partial charge in [-0.2, -0.15) is 0 Å². The monoisotopic (exact) mass is 447 g/mol. The van der Waals surface area contributed by atoms with Crippen molar-refractivity contribution in [2.45, 2.75) is 37.8 Å². The van der Waals surface area contributed by atoms with Crippen LogP contribution in [-0.4, -0.2) is 30.1 Å². The molecule has 31 heavy (non-hydrogen) atoms. The summed E-state index contributed by atoms with van der Waals surface area (Å²) < 4.78 is 31.9. The molecule has 1 saturated carbocycles. The van der Waals surface area contributed by atoms with E-state index in [1.165, 1.54) is 6.07 Å². The number of ether oxygens (including phenoxy) is 1. The van der Waals surface area contributed by atoms with E-state index < -0.39 is 11.6 Å². The van der Waals surface area contributed by atoms with Gasteiger partial charge in [0.2, 0.25) is 0 Å². The maximum Gasteiger partial charge on any atom is 0.251 e. The number of amides is 1. The SMILES string of the molecule is COc1cc(NC2CCC(NC(=O)c3ccc(F)c(F)c3)CC2)nc2ccccc12.Cl. The van der Waals surface area contributed by atoms with Gasteiger partial charge in [-0.05, 0) is 56.0 Å². The van der Waals surface area contributed by atoms with Crippen LogP contribution in [0.15, 0.2) is 48.5 Å². The number of carbonyl (C=O) groups is 1. The number of nitrogens with one attached hydrogen (secondary N) is 2. The van der Waals surface area contributed by atoms with E-state index in [4.69, 9.17) is 4.74 Å². The molecule has 5 nitrogen and oxygen atoms in total. The van der Waals surface area contributed by atoms with Crippen LogP contribution >= 0.6 is 12.4 Å². The minimum absolute atomic E-state index is 0. The van der Waals surface area contributed by atoms with E-state index in [1.807, 2.05) is 30.3 Å². The molecule has 3 aromatic rings. The Kier molecular flexibility index (Phi) is 7.28. The molecule has 164 valence electrons. The molecule has 1 aliphatic carbocycles. The summed E-state index contributed by atoms with van der Waals surface area (Å²) in [6.45, 7) is 0. The number of hydrogen-bond acceptors (Lipinski definition) is 4. The van der Waals surface area contributed by atoms with Gasteiger partial charge in [0, 0.05) is 29.1 Å². The summed E-state index contributed by atoms with van der Waals surface area (Å²) in [6.07, 6.45) is 3.30. The number of para-hydroxylation sites is 1. The lowest BCUT2D eigenvalue weighted by Crippen LogP contribution is -2.40. The average Bonchev–Trinajstić information content (AvgIpc) is 2.76. The van der Waals surface area contributed by atoms with Crippen LogP contribution in [0, 0.1) is 11.6 Å². The number of anilines is 1. The van der Waals surface area contributed by atoms with Gasteiger partial charge < -0.3 is 15.4 Å². The Morgan fingerprint density at radius 3 is 2.42 bits per heavy atom. The third-order valence-corrected chi connectivity index (χ3v) is 5.49. The number of methoxy groups -OCH3 is 1. The predicted molar refractivity (Wildman–Crippen MR) is 119 cm³/mol. The number of hydrogen-bond donors (Lipinski definition) is 2. The van der Waals surface area contributed by atoms with Gasteiger partial charge in [0.25, 0.3) is 5.91 Å². The molecular formula is C23H24ClF2N3O2. The van der Waals surface area contributed by atoms with E-state index in [0.29, 0.717) is 0 Å². The Morgan fingerprint density at radius 1 is 1.00 bits per heavy atom. The third kappa shape index (κ3) is 5.22. The van der Waals surface area contributed by atoms with Gasteiger partial charge in [0.05, 0.1) is 12.6 Å². The van der Waals surface area contributed by atoms with Crippen LogP contribution in [0.25, 0.3) is 10.9 Å². The number of aromatic nitrogens is 1. The van der Waals surface area contributed by atoms with Crippen molar-refractivity contribution < 1.29 is 18.3 Å². The molecule has 2 N–H and O–H groups in total. The molecule has 1 aromatic heterocycles. The number of halogens is 3. The summed E-state index contributed by atoms with van der Waals surface area (Å²) in [5, 5.41) is 7.36.